The zero-order chi connectivity index (χ0) is 16.6. The number of rotatable bonds is 2. The highest BCUT2D eigenvalue weighted by molar-refractivity contribution is 7.17. The first kappa shape index (κ1) is 15.4. The summed E-state index contributed by atoms with van der Waals surface area (Å²) in [5.41, 5.74) is -0.0380. The van der Waals surface area contributed by atoms with Gasteiger partial charge in [0.15, 0.2) is 0 Å². The third-order valence-electron chi connectivity index (χ3n) is 3.07. The first-order valence-electron chi connectivity index (χ1n) is 6.38. The average molecular weight is 351 g/mol. The van der Waals surface area contributed by atoms with Crippen molar-refractivity contribution >= 4 is 52.5 Å². The van der Waals surface area contributed by atoms with Crippen LogP contribution in [0.4, 0.5) is 14.9 Å². The highest BCUT2D eigenvalue weighted by atomic mass is 35.5. The van der Waals surface area contributed by atoms with Gasteiger partial charge in [-0.3, -0.25) is 14.9 Å². The predicted molar refractivity (Wildman–Crippen MR) is 84.7 cm³/mol. The van der Waals surface area contributed by atoms with E-state index in [1.807, 2.05) is 0 Å². The van der Waals surface area contributed by atoms with E-state index in [0.717, 1.165) is 17.0 Å². The Bertz CT molecular complexity index is 845. The molecule has 1 N–H and O–H groups in total. The van der Waals surface area contributed by atoms with E-state index >= 15 is 0 Å². The summed E-state index contributed by atoms with van der Waals surface area (Å²) in [6.07, 6.45) is 1.36. The molecule has 2 heterocycles. The fourth-order valence-electron chi connectivity index (χ4n) is 2.03. The Morgan fingerprint density at radius 2 is 1.78 bits per heavy atom. The van der Waals surface area contributed by atoms with Crippen LogP contribution in [0.5, 0.6) is 0 Å². The standard InChI is InChI=1S/C15H8ClFN2O3S/c16-12-6-5-10(23-12)7-11-13(20)18-15(22)19(14(11)21)9-3-1-8(17)2-4-9/h1-7H,(H,18,20,22)/b11-7-. The van der Waals surface area contributed by atoms with Gasteiger partial charge in [0.25, 0.3) is 11.8 Å². The summed E-state index contributed by atoms with van der Waals surface area (Å²) in [5, 5.41) is 2.09. The van der Waals surface area contributed by atoms with Gasteiger partial charge in [-0.05, 0) is 42.5 Å². The Kier molecular flexibility index (Phi) is 3.97. The molecule has 1 aliphatic heterocycles. The van der Waals surface area contributed by atoms with Gasteiger partial charge in [0, 0.05) is 4.88 Å². The van der Waals surface area contributed by atoms with E-state index in [1.165, 1.54) is 29.5 Å². The molecule has 4 amide bonds. The molecular formula is C15H8ClFN2O3S. The molecule has 1 aromatic carbocycles. The van der Waals surface area contributed by atoms with E-state index < -0.39 is 23.7 Å². The van der Waals surface area contributed by atoms with Crippen LogP contribution in [0.3, 0.4) is 0 Å². The van der Waals surface area contributed by atoms with Crippen LogP contribution in [0, 0.1) is 5.82 Å². The summed E-state index contributed by atoms with van der Waals surface area (Å²) >= 11 is 7.01. The smallest absolute Gasteiger partial charge is 0.273 e. The Hall–Kier alpha value is -2.51. The van der Waals surface area contributed by atoms with Crippen molar-refractivity contribution in [3.05, 3.63) is 57.0 Å². The number of benzene rings is 1. The Morgan fingerprint density at radius 1 is 1.09 bits per heavy atom. The molecule has 3 rings (SSSR count). The number of amides is 4. The number of hydrogen-bond donors (Lipinski definition) is 1. The lowest BCUT2D eigenvalue weighted by Crippen LogP contribution is -2.54. The zero-order valence-corrected chi connectivity index (χ0v) is 13.0. The predicted octanol–water partition coefficient (Wildman–Crippen LogP) is 3.21. The number of hydrogen-bond acceptors (Lipinski definition) is 4. The van der Waals surface area contributed by atoms with E-state index in [-0.39, 0.29) is 11.3 Å². The number of nitrogens with one attached hydrogen (secondary N) is 1. The van der Waals surface area contributed by atoms with Crippen molar-refractivity contribution in [2.24, 2.45) is 0 Å². The molecule has 23 heavy (non-hydrogen) atoms. The summed E-state index contributed by atoms with van der Waals surface area (Å²) < 4.78 is 13.5. The van der Waals surface area contributed by atoms with Gasteiger partial charge in [-0.15, -0.1) is 11.3 Å². The maximum Gasteiger partial charge on any atom is 0.335 e. The summed E-state index contributed by atoms with van der Waals surface area (Å²) in [6.45, 7) is 0. The summed E-state index contributed by atoms with van der Waals surface area (Å²) in [6, 6.07) is 7.20. The molecule has 1 fully saturated rings. The first-order valence-corrected chi connectivity index (χ1v) is 7.57. The molecule has 1 saturated heterocycles. The normalized spacial score (nSPS) is 16.9. The zero-order valence-electron chi connectivity index (χ0n) is 11.4. The van der Waals surface area contributed by atoms with Gasteiger partial charge >= 0.3 is 6.03 Å². The number of imide groups is 2. The second-order valence-electron chi connectivity index (χ2n) is 4.58. The molecule has 8 heteroatoms. The third kappa shape index (κ3) is 3.01. The fourth-order valence-corrected chi connectivity index (χ4v) is 3.03. The molecule has 1 aromatic heterocycles. The van der Waals surface area contributed by atoms with Crippen LogP contribution in [0.2, 0.25) is 4.34 Å². The van der Waals surface area contributed by atoms with Crippen LogP contribution in [0.1, 0.15) is 4.88 Å². The number of carbonyl (C=O) groups is 3. The summed E-state index contributed by atoms with van der Waals surface area (Å²) in [5.74, 6) is -2.07. The van der Waals surface area contributed by atoms with Crippen molar-refractivity contribution in [3.8, 4) is 0 Å². The minimum atomic E-state index is -0.882. The van der Waals surface area contributed by atoms with Crippen LogP contribution in [0.15, 0.2) is 42.0 Å². The number of thiophene rings is 1. The van der Waals surface area contributed by atoms with E-state index in [9.17, 15) is 18.8 Å². The van der Waals surface area contributed by atoms with Crippen LogP contribution >= 0.6 is 22.9 Å². The third-order valence-corrected chi connectivity index (χ3v) is 4.25. The van der Waals surface area contributed by atoms with Gasteiger partial charge in [0.05, 0.1) is 10.0 Å². The SMILES string of the molecule is O=C1NC(=O)N(c2ccc(F)cc2)C(=O)/C1=C\c1ccc(Cl)s1. The summed E-state index contributed by atoms with van der Waals surface area (Å²) in [7, 11) is 0. The molecule has 0 bridgehead atoms. The van der Waals surface area contributed by atoms with Crippen molar-refractivity contribution < 1.29 is 18.8 Å². The van der Waals surface area contributed by atoms with Gasteiger partial charge < -0.3 is 0 Å². The first-order chi connectivity index (χ1) is 11.0. The maximum atomic E-state index is 13.0. The molecule has 1 aliphatic rings. The van der Waals surface area contributed by atoms with Gasteiger partial charge in [-0.1, -0.05) is 11.6 Å². The maximum absolute atomic E-state index is 13.0. The second-order valence-corrected chi connectivity index (χ2v) is 6.32. The highest BCUT2D eigenvalue weighted by Gasteiger charge is 2.36. The molecule has 0 spiro atoms. The largest absolute Gasteiger partial charge is 0.335 e. The number of carbonyl (C=O) groups excluding carboxylic acids is 3. The number of urea groups is 1. The van der Waals surface area contributed by atoms with Crippen LogP contribution < -0.4 is 10.2 Å². The molecule has 0 radical (unpaired) electrons. The van der Waals surface area contributed by atoms with Gasteiger partial charge in [-0.2, -0.15) is 0 Å². The average Bonchev–Trinajstić information content (AvgIpc) is 2.91. The Balaban J connectivity index is 2.00. The number of anilines is 1. The Labute approximate surface area is 139 Å². The summed E-state index contributed by atoms with van der Waals surface area (Å²) in [4.78, 5) is 37.7. The lowest BCUT2D eigenvalue weighted by molar-refractivity contribution is -0.122. The fraction of sp³-hybridized carbons (Fsp3) is 0. The molecule has 116 valence electrons. The van der Waals surface area contributed by atoms with Crippen molar-refractivity contribution in [1.29, 1.82) is 0 Å². The molecule has 2 aromatic rings. The van der Waals surface area contributed by atoms with Crippen LogP contribution in [-0.2, 0) is 9.59 Å². The van der Waals surface area contributed by atoms with E-state index in [1.54, 1.807) is 12.1 Å². The second kappa shape index (κ2) is 5.94. The van der Waals surface area contributed by atoms with Crippen molar-refractivity contribution in [2.45, 2.75) is 0 Å². The lowest BCUT2D eigenvalue weighted by atomic mass is 10.1. The van der Waals surface area contributed by atoms with Gasteiger partial charge in [0.2, 0.25) is 0 Å². The van der Waals surface area contributed by atoms with E-state index in [2.05, 4.69) is 5.32 Å². The molecule has 5 nitrogen and oxygen atoms in total. The number of nitrogens with zero attached hydrogens (tertiary/aromatic N) is 1. The van der Waals surface area contributed by atoms with Crippen molar-refractivity contribution in [2.75, 3.05) is 4.90 Å². The van der Waals surface area contributed by atoms with Crippen molar-refractivity contribution in [1.82, 2.24) is 5.32 Å². The minimum absolute atomic E-state index is 0.163. The van der Waals surface area contributed by atoms with E-state index in [4.69, 9.17) is 11.6 Å². The van der Waals surface area contributed by atoms with Crippen LogP contribution in [-0.4, -0.2) is 17.8 Å². The van der Waals surface area contributed by atoms with Gasteiger partial charge in [0.1, 0.15) is 11.4 Å². The Morgan fingerprint density at radius 3 is 2.39 bits per heavy atom. The molecule has 0 unspecified atom stereocenters. The molecule has 0 atom stereocenters. The number of halogens is 2. The lowest BCUT2D eigenvalue weighted by Gasteiger charge is -2.26. The minimum Gasteiger partial charge on any atom is -0.273 e. The highest BCUT2D eigenvalue weighted by Crippen LogP contribution is 2.26. The topological polar surface area (TPSA) is 66.5 Å². The quantitative estimate of drug-likeness (QED) is 0.668. The van der Waals surface area contributed by atoms with Gasteiger partial charge in [-0.25, -0.2) is 14.1 Å². The van der Waals surface area contributed by atoms with Crippen LogP contribution in [0.25, 0.3) is 6.08 Å². The molecule has 0 saturated carbocycles. The molecule has 0 aliphatic carbocycles. The number of barbiturate groups is 1. The molecular weight excluding hydrogens is 343 g/mol. The van der Waals surface area contributed by atoms with Crippen molar-refractivity contribution in [3.63, 3.8) is 0 Å². The van der Waals surface area contributed by atoms with E-state index in [0.29, 0.717) is 9.21 Å². The monoisotopic (exact) mass is 350 g/mol.